The third kappa shape index (κ3) is 4.01. The van der Waals surface area contributed by atoms with Crippen molar-refractivity contribution in [3.8, 4) is 0 Å². The van der Waals surface area contributed by atoms with Crippen LogP contribution in [0.1, 0.15) is 36.9 Å². The summed E-state index contributed by atoms with van der Waals surface area (Å²) in [7, 11) is 1.43. The molecular weight excluding hydrogens is 272 g/mol. The third-order valence-corrected chi connectivity index (χ3v) is 4.10. The molecule has 0 bridgehead atoms. The second-order valence-electron chi connectivity index (χ2n) is 5.77. The number of hydrogen-bond acceptors (Lipinski definition) is 7. The van der Waals surface area contributed by atoms with Crippen LogP contribution in [0.25, 0.3) is 0 Å². The van der Waals surface area contributed by atoms with Crippen LogP contribution in [0.2, 0.25) is 0 Å². The Labute approximate surface area is 124 Å². The van der Waals surface area contributed by atoms with Gasteiger partial charge in [-0.15, -0.1) is 0 Å². The summed E-state index contributed by atoms with van der Waals surface area (Å²) in [5, 5.41) is 4.06. The first kappa shape index (κ1) is 14.5. The Morgan fingerprint density at radius 1 is 1.29 bits per heavy atom. The van der Waals surface area contributed by atoms with Gasteiger partial charge in [0, 0.05) is 38.6 Å². The molecule has 2 aliphatic rings. The summed E-state index contributed by atoms with van der Waals surface area (Å²) >= 11 is 0. The topological polar surface area (TPSA) is 71.7 Å². The number of hydrogen-bond donors (Lipinski definition) is 0. The lowest BCUT2D eigenvalue weighted by molar-refractivity contribution is -0.141. The van der Waals surface area contributed by atoms with Crippen molar-refractivity contribution in [2.75, 3.05) is 39.8 Å². The van der Waals surface area contributed by atoms with Crippen LogP contribution in [0.5, 0.6) is 0 Å². The van der Waals surface area contributed by atoms with E-state index >= 15 is 0 Å². The average Bonchev–Trinajstić information content (AvgIpc) is 3.26. The average molecular weight is 294 g/mol. The van der Waals surface area contributed by atoms with E-state index in [-0.39, 0.29) is 5.97 Å². The molecule has 1 aromatic heterocycles. The minimum atomic E-state index is -0.142. The minimum absolute atomic E-state index is 0.142. The van der Waals surface area contributed by atoms with Crippen LogP contribution in [0.4, 0.5) is 0 Å². The summed E-state index contributed by atoms with van der Waals surface area (Å²) in [4.78, 5) is 20.2. The second-order valence-corrected chi connectivity index (χ2v) is 5.77. The quantitative estimate of drug-likeness (QED) is 0.712. The molecule has 3 rings (SSSR count). The summed E-state index contributed by atoms with van der Waals surface area (Å²) in [6.45, 7) is 5.38. The van der Waals surface area contributed by atoms with Gasteiger partial charge in [0.2, 0.25) is 5.89 Å². The molecule has 0 N–H and O–H groups in total. The number of ether oxygens (including phenoxy) is 1. The highest BCUT2D eigenvalue weighted by Gasteiger charge is 2.30. The van der Waals surface area contributed by atoms with E-state index in [1.165, 1.54) is 20.0 Å². The summed E-state index contributed by atoms with van der Waals surface area (Å²) in [6, 6.07) is 0. The van der Waals surface area contributed by atoms with Crippen LogP contribution < -0.4 is 0 Å². The Hall–Kier alpha value is -1.47. The minimum Gasteiger partial charge on any atom is -0.469 e. The molecule has 7 heteroatoms. The third-order valence-electron chi connectivity index (χ3n) is 4.10. The zero-order valence-electron chi connectivity index (χ0n) is 12.5. The lowest BCUT2D eigenvalue weighted by Gasteiger charge is -2.33. The molecule has 0 unspecified atom stereocenters. The van der Waals surface area contributed by atoms with Crippen molar-refractivity contribution < 1.29 is 14.1 Å². The maximum absolute atomic E-state index is 11.1. The molecule has 0 atom stereocenters. The fourth-order valence-electron chi connectivity index (χ4n) is 2.55. The van der Waals surface area contributed by atoms with Crippen LogP contribution in [-0.2, 0) is 16.1 Å². The molecule has 116 valence electrons. The van der Waals surface area contributed by atoms with Crippen LogP contribution in [0.3, 0.4) is 0 Å². The number of carbonyl (C=O) groups is 1. The maximum Gasteiger partial charge on any atom is 0.306 e. The van der Waals surface area contributed by atoms with E-state index in [1.54, 1.807) is 0 Å². The predicted octanol–water partition coefficient (Wildman–Crippen LogP) is 0.628. The van der Waals surface area contributed by atoms with Gasteiger partial charge in [0.25, 0.3) is 0 Å². The largest absolute Gasteiger partial charge is 0.469 e. The highest BCUT2D eigenvalue weighted by atomic mass is 16.5. The summed E-state index contributed by atoms with van der Waals surface area (Å²) in [5.41, 5.74) is 0. The number of piperazine rings is 1. The number of rotatable bonds is 6. The lowest BCUT2D eigenvalue weighted by atomic mass is 10.3. The van der Waals surface area contributed by atoms with E-state index in [0.29, 0.717) is 12.3 Å². The van der Waals surface area contributed by atoms with Gasteiger partial charge in [-0.25, -0.2) is 0 Å². The van der Waals surface area contributed by atoms with Crippen molar-refractivity contribution in [1.29, 1.82) is 0 Å². The SMILES string of the molecule is COC(=O)CCN1CCN(Cc2noc(C3CC3)n2)CC1. The zero-order valence-corrected chi connectivity index (χ0v) is 12.5. The second kappa shape index (κ2) is 6.53. The first-order valence-corrected chi connectivity index (χ1v) is 7.58. The standard InChI is InChI=1S/C14H22N4O3/c1-20-13(19)4-5-17-6-8-18(9-7-17)10-12-15-14(21-16-12)11-2-3-11/h11H,2-10H2,1H3. The monoisotopic (exact) mass is 294 g/mol. The molecule has 0 spiro atoms. The zero-order chi connectivity index (χ0) is 14.7. The molecule has 1 saturated heterocycles. The van der Waals surface area contributed by atoms with Gasteiger partial charge in [-0.3, -0.25) is 9.69 Å². The fraction of sp³-hybridized carbons (Fsp3) is 0.786. The molecule has 0 aromatic carbocycles. The molecule has 21 heavy (non-hydrogen) atoms. The van der Waals surface area contributed by atoms with Gasteiger partial charge in [-0.2, -0.15) is 4.98 Å². The van der Waals surface area contributed by atoms with Crippen molar-refractivity contribution in [2.24, 2.45) is 0 Å². The number of esters is 1. The Bertz CT molecular complexity index is 478. The number of aromatic nitrogens is 2. The van der Waals surface area contributed by atoms with E-state index < -0.39 is 0 Å². The van der Waals surface area contributed by atoms with Gasteiger partial charge in [-0.1, -0.05) is 5.16 Å². The van der Waals surface area contributed by atoms with Crippen molar-refractivity contribution >= 4 is 5.97 Å². The maximum atomic E-state index is 11.1. The van der Waals surface area contributed by atoms with Gasteiger partial charge in [0.05, 0.1) is 20.1 Å². The van der Waals surface area contributed by atoms with E-state index in [2.05, 4.69) is 24.7 Å². The van der Waals surface area contributed by atoms with E-state index in [9.17, 15) is 4.79 Å². The van der Waals surface area contributed by atoms with Gasteiger partial charge in [0.1, 0.15) is 0 Å². The molecule has 2 heterocycles. The molecule has 0 radical (unpaired) electrons. The number of nitrogens with zero attached hydrogens (tertiary/aromatic N) is 4. The van der Waals surface area contributed by atoms with Crippen molar-refractivity contribution in [2.45, 2.75) is 31.7 Å². The fourth-order valence-corrected chi connectivity index (χ4v) is 2.55. The van der Waals surface area contributed by atoms with Gasteiger partial charge < -0.3 is 14.2 Å². The van der Waals surface area contributed by atoms with Crippen molar-refractivity contribution in [1.82, 2.24) is 19.9 Å². The number of methoxy groups -OCH3 is 1. The molecule has 1 aliphatic carbocycles. The Morgan fingerprint density at radius 3 is 2.67 bits per heavy atom. The first-order valence-electron chi connectivity index (χ1n) is 7.58. The Morgan fingerprint density at radius 2 is 2.00 bits per heavy atom. The molecular formula is C14H22N4O3. The lowest BCUT2D eigenvalue weighted by Crippen LogP contribution is -2.46. The van der Waals surface area contributed by atoms with Crippen LogP contribution >= 0.6 is 0 Å². The van der Waals surface area contributed by atoms with Gasteiger partial charge >= 0.3 is 5.97 Å². The highest BCUT2D eigenvalue weighted by molar-refractivity contribution is 5.69. The highest BCUT2D eigenvalue weighted by Crippen LogP contribution is 2.38. The first-order chi connectivity index (χ1) is 10.2. The Balaban J connectivity index is 1.39. The summed E-state index contributed by atoms with van der Waals surface area (Å²) in [6.07, 6.45) is 2.83. The summed E-state index contributed by atoms with van der Waals surface area (Å²) < 4.78 is 9.94. The van der Waals surface area contributed by atoms with Gasteiger partial charge in [0.15, 0.2) is 5.82 Å². The molecule has 2 fully saturated rings. The Kier molecular flexibility index (Phi) is 4.50. The van der Waals surface area contributed by atoms with E-state index in [0.717, 1.165) is 51.0 Å². The smallest absolute Gasteiger partial charge is 0.306 e. The molecule has 1 aromatic rings. The van der Waals surface area contributed by atoms with Crippen molar-refractivity contribution in [3.05, 3.63) is 11.7 Å². The van der Waals surface area contributed by atoms with Gasteiger partial charge in [-0.05, 0) is 12.8 Å². The van der Waals surface area contributed by atoms with E-state index in [4.69, 9.17) is 4.52 Å². The van der Waals surface area contributed by atoms with Crippen molar-refractivity contribution in [3.63, 3.8) is 0 Å². The summed E-state index contributed by atoms with van der Waals surface area (Å²) in [5.74, 6) is 1.97. The molecule has 0 amide bonds. The number of carbonyl (C=O) groups excluding carboxylic acids is 1. The van der Waals surface area contributed by atoms with Crippen LogP contribution in [0, 0.1) is 0 Å². The van der Waals surface area contributed by atoms with Crippen LogP contribution in [0.15, 0.2) is 4.52 Å². The predicted molar refractivity (Wildman–Crippen MR) is 74.6 cm³/mol. The van der Waals surface area contributed by atoms with Crippen LogP contribution in [-0.4, -0.2) is 65.7 Å². The molecule has 1 aliphatic heterocycles. The molecule has 7 nitrogen and oxygen atoms in total. The van der Waals surface area contributed by atoms with E-state index in [1.807, 2.05) is 0 Å². The molecule has 1 saturated carbocycles. The normalized spacial score (nSPS) is 20.6.